The highest BCUT2D eigenvalue weighted by Gasteiger charge is 2.25. The van der Waals surface area contributed by atoms with Gasteiger partial charge >= 0.3 is 0 Å². The largest absolute Gasteiger partial charge is 0.393 e. The van der Waals surface area contributed by atoms with Crippen molar-refractivity contribution in [1.29, 1.82) is 0 Å². The minimum absolute atomic E-state index is 0.0327. The quantitative estimate of drug-likeness (QED) is 0.274. The third-order valence-electron chi connectivity index (χ3n) is 6.37. The number of fused-ring (bicyclic) bond motifs is 1. The number of imidazole rings is 1. The normalized spacial score (nSPS) is 18.8. The smallest absolute Gasteiger partial charge is 0.224 e. The zero-order chi connectivity index (χ0) is 25.8. The lowest BCUT2D eigenvalue weighted by Crippen LogP contribution is -2.30. The molecule has 5 N–H and O–H groups in total. The number of hydrogen-bond acceptors (Lipinski definition) is 7. The molecule has 1 fully saturated rings. The van der Waals surface area contributed by atoms with E-state index in [1.807, 2.05) is 11.5 Å². The second-order valence-electron chi connectivity index (χ2n) is 9.19. The number of aliphatic hydroxyl groups excluding tert-OH is 1. The molecule has 1 aliphatic rings. The molecule has 1 aromatic carbocycles. The molecule has 194 valence electrons. The van der Waals surface area contributed by atoms with Crippen molar-refractivity contribution in [2.45, 2.75) is 76.5 Å². The molecule has 0 aliphatic heterocycles. The first-order valence-corrected chi connectivity index (χ1v) is 12.9. The number of aliphatic hydroxyl groups is 1. The highest BCUT2D eigenvalue weighted by molar-refractivity contribution is 6.36. The molecule has 2 aromatic heterocycles. The average molecular weight is 538 g/mol. The minimum atomic E-state index is -0.625. The second kappa shape index (κ2) is 11.6. The summed E-state index contributed by atoms with van der Waals surface area (Å²) >= 11 is 12.2. The number of nitrogens with zero attached hydrogens (tertiary/aromatic N) is 4. The second-order valence-corrected chi connectivity index (χ2v) is 10.0. The molecule has 0 saturated heterocycles. The molecule has 0 spiro atoms. The van der Waals surface area contributed by atoms with Crippen molar-refractivity contribution in [3.8, 4) is 0 Å². The van der Waals surface area contributed by atoms with Gasteiger partial charge in [-0.3, -0.25) is 9.36 Å². The van der Waals surface area contributed by atoms with E-state index in [2.05, 4.69) is 20.6 Å². The lowest BCUT2D eigenvalue weighted by Gasteiger charge is -2.26. The van der Waals surface area contributed by atoms with Crippen LogP contribution in [-0.2, 0) is 4.79 Å². The Labute approximate surface area is 218 Å². The Hall–Kier alpha value is -2.69. The molecule has 3 aromatic rings. The van der Waals surface area contributed by atoms with E-state index >= 15 is 0 Å². The number of amides is 1. The van der Waals surface area contributed by atoms with Crippen molar-refractivity contribution in [2.24, 2.45) is 5.73 Å². The molecule has 1 unspecified atom stereocenters. The Kier molecular flexibility index (Phi) is 8.48. The first kappa shape index (κ1) is 26.4. The van der Waals surface area contributed by atoms with Gasteiger partial charge in [0.2, 0.25) is 17.8 Å². The number of hydrogen-bond donors (Lipinski definition) is 4. The molecule has 4 rings (SSSR count). The van der Waals surface area contributed by atoms with E-state index in [9.17, 15) is 14.3 Å². The standard InChI is InChI=1S/C24H30Cl2FN7O2/c1-2-4-15(7-8-20(28)36)34-22-19(12-29-23(33-22)30-14-5-3-6-16(35)11-14)31-24(34)32-21-17(26)9-13(25)10-18(21)27/h9-10,12,14-16,35H,2-8,11H2,1H3,(H2,28,36)(H,31,32)(H,29,30,33)/t14-,15+,16?/m0/s1. The van der Waals surface area contributed by atoms with Gasteiger partial charge in [-0.15, -0.1) is 0 Å². The van der Waals surface area contributed by atoms with E-state index in [-0.39, 0.29) is 40.3 Å². The first-order valence-electron chi connectivity index (χ1n) is 12.1. The number of primary amides is 1. The van der Waals surface area contributed by atoms with Crippen LogP contribution < -0.4 is 16.4 Å². The zero-order valence-electron chi connectivity index (χ0n) is 20.0. The molecular formula is C24H30Cl2FN7O2. The monoisotopic (exact) mass is 537 g/mol. The van der Waals surface area contributed by atoms with Crippen LogP contribution in [0, 0.1) is 5.82 Å². The van der Waals surface area contributed by atoms with E-state index in [1.165, 1.54) is 12.1 Å². The summed E-state index contributed by atoms with van der Waals surface area (Å²) in [5.74, 6) is -0.306. The summed E-state index contributed by atoms with van der Waals surface area (Å²) in [4.78, 5) is 25.4. The fraction of sp³-hybridized carbons (Fsp3) is 0.500. The van der Waals surface area contributed by atoms with E-state index < -0.39 is 11.7 Å². The number of rotatable bonds is 10. The van der Waals surface area contributed by atoms with Crippen LogP contribution in [0.25, 0.3) is 11.2 Å². The topological polar surface area (TPSA) is 131 Å². The van der Waals surface area contributed by atoms with Gasteiger partial charge < -0.3 is 21.5 Å². The predicted molar refractivity (Wildman–Crippen MR) is 139 cm³/mol. The fourth-order valence-electron chi connectivity index (χ4n) is 4.69. The number of carbonyl (C=O) groups excluding carboxylic acids is 1. The Morgan fingerprint density at radius 1 is 1.31 bits per heavy atom. The summed E-state index contributed by atoms with van der Waals surface area (Å²) in [6.45, 7) is 2.04. The van der Waals surface area contributed by atoms with Gasteiger partial charge in [-0.25, -0.2) is 14.4 Å². The summed E-state index contributed by atoms with van der Waals surface area (Å²) < 4.78 is 16.6. The SMILES string of the molecule is CCC[C@H](CCC(N)=O)n1c(Nc2c(F)cc(Cl)cc2Cl)nc2cnc(N[C@H]3CCCC(O)C3)nc21. The molecular weight excluding hydrogens is 508 g/mol. The van der Waals surface area contributed by atoms with Crippen LogP contribution in [0.15, 0.2) is 18.3 Å². The lowest BCUT2D eigenvalue weighted by molar-refractivity contribution is -0.118. The third-order valence-corrected chi connectivity index (χ3v) is 6.88. The molecule has 9 nitrogen and oxygen atoms in total. The van der Waals surface area contributed by atoms with Crippen LogP contribution in [0.5, 0.6) is 0 Å². The molecule has 1 aliphatic carbocycles. The van der Waals surface area contributed by atoms with Crippen LogP contribution in [-0.4, -0.2) is 42.7 Å². The van der Waals surface area contributed by atoms with Crippen molar-refractivity contribution in [1.82, 2.24) is 19.5 Å². The Morgan fingerprint density at radius 3 is 2.81 bits per heavy atom. The Bertz CT molecular complexity index is 1220. The van der Waals surface area contributed by atoms with Gasteiger partial charge in [0.1, 0.15) is 11.3 Å². The van der Waals surface area contributed by atoms with Crippen LogP contribution in [0.2, 0.25) is 10.0 Å². The van der Waals surface area contributed by atoms with E-state index in [0.29, 0.717) is 42.3 Å². The summed E-state index contributed by atoms with van der Waals surface area (Å²) in [5.41, 5.74) is 6.50. The number of carbonyl (C=O) groups is 1. The van der Waals surface area contributed by atoms with Gasteiger partial charge in [0.25, 0.3) is 0 Å². The summed E-state index contributed by atoms with van der Waals surface area (Å²) in [7, 11) is 0. The molecule has 3 atom stereocenters. The maximum atomic E-state index is 14.8. The minimum Gasteiger partial charge on any atom is -0.393 e. The zero-order valence-corrected chi connectivity index (χ0v) is 21.5. The van der Waals surface area contributed by atoms with Gasteiger partial charge in [-0.2, -0.15) is 4.98 Å². The molecule has 1 saturated carbocycles. The van der Waals surface area contributed by atoms with Gasteiger partial charge in [0.05, 0.1) is 23.0 Å². The summed E-state index contributed by atoms with van der Waals surface area (Å²) in [6.07, 6.45) is 6.69. The number of nitrogens with one attached hydrogen (secondary N) is 2. The highest BCUT2D eigenvalue weighted by Crippen LogP contribution is 2.35. The predicted octanol–water partition coefficient (Wildman–Crippen LogP) is 5.34. The van der Waals surface area contributed by atoms with Crippen molar-refractivity contribution in [2.75, 3.05) is 10.6 Å². The van der Waals surface area contributed by atoms with Crippen LogP contribution in [0.3, 0.4) is 0 Å². The van der Waals surface area contributed by atoms with Crippen molar-refractivity contribution < 1.29 is 14.3 Å². The molecule has 12 heteroatoms. The maximum absolute atomic E-state index is 14.8. The van der Waals surface area contributed by atoms with Gasteiger partial charge in [0.15, 0.2) is 5.65 Å². The number of halogens is 3. The van der Waals surface area contributed by atoms with Crippen molar-refractivity contribution in [3.05, 3.63) is 34.2 Å². The van der Waals surface area contributed by atoms with Crippen molar-refractivity contribution >= 4 is 57.9 Å². The van der Waals surface area contributed by atoms with Gasteiger partial charge in [0, 0.05) is 23.5 Å². The van der Waals surface area contributed by atoms with Crippen LogP contribution in [0.1, 0.15) is 64.3 Å². The Morgan fingerprint density at radius 2 is 2.11 bits per heavy atom. The lowest BCUT2D eigenvalue weighted by atomic mass is 9.93. The molecule has 36 heavy (non-hydrogen) atoms. The number of benzene rings is 1. The molecule has 0 radical (unpaired) electrons. The van der Waals surface area contributed by atoms with E-state index in [1.54, 1.807) is 6.20 Å². The van der Waals surface area contributed by atoms with Crippen molar-refractivity contribution in [3.63, 3.8) is 0 Å². The molecule has 0 bridgehead atoms. The third kappa shape index (κ3) is 6.16. The molecule has 1 amide bonds. The van der Waals surface area contributed by atoms with Crippen LogP contribution >= 0.6 is 23.2 Å². The van der Waals surface area contributed by atoms with Gasteiger partial charge in [-0.1, -0.05) is 36.5 Å². The Balaban J connectivity index is 1.77. The number of nitrogens with two attached hydrogens (primary N) is 1. The summed E-state index contributed by atoms with van der Waals surface area (Å²) in [5, 5.41) is 16.6. The summed E-state index contributed by atoms with van der Waals surface area (Å²) in [6, 6.07) is 2.48. The maximum Gasteiger partial charge on any atom is 0.224 e. The fourth-order valence-corrected chi connectivity index (χ4v) is 5.21. The number of aromatic nitrogens is 4. The van der Waals surface area contributed by atoms with Crippen LogP contribution in [0.4, 0.5) is 22.0 Å². The first-order chi connectivity index (χ1) is 17.2. The van der Waals surface area contributed by atoms with Gasteiger partial charge in [-0.05, 0) is 50.7 Å². The highest BCUT2D eigenvalue weighted by atomic mass is 35.5. The van der Waals surface area contributed by atoms with E-state index in [0.717, 1.165) is 25.7 Å². The number of anilines is 3. The molecule has 2 heterocycles. The van der Waals surface area contributed by atoms with E-state index in [4.69, 9.17) is 33.9 Å². The average Bonchev–Trinajstić information content (AvgIpc) is 3.16.